The van der Waals surface area contributed by atoms with Gasteiger partial charge in [-0.3, -0.25) is 9.69 Å². The van der Waals surface area contributed by atoms with Gasteiger partial charge in [0, 0.05) is 36.7 Å². The van der Waals surface area contributed by atoms with Gasteiger partial charge in [-0.15, -0.1) is 0 Å². The first kappa shape index (κ1) is 20.6. The summed E-state index contributed by atoms with van der Waals surface area (Å²) in [6, 6.07) is 9.86. The number of carbonyl (C=O) groups excluding carboxylic acids is 1. The molecule has 4 bridgehead atoms. The number of rotatable bonds is 3. The minimum Gasteiger partial charge on any atom is -0.508 e. The van der Waals surface area contributed by atoms with E-state index in [9.17, 15) is 14.7 Å². The van der Waals surface area contributed by atoms with Gasteiger partial charge in [-0.05, 0) is 104 Å². The summed E-state index contributed by atoms with van der Waals surface area (Å²) < 4.78 is 5.03. The number of hydrogen-bond donors (Lipinski definition) is 1. The minimum absolute atomic E-state index is 0.00767. The molecule has 1 aromatic heterocycles. The van der Waals surface area contributed by atoms with Crippen LogP contribution in [0.3, 0.4) is 0 Å². The van der Waals surface area contributed by atoms with Gasteiger partial charge in [-0.25, -0.2) is 4.79 Å². The Balaban J connectivity index is 1.24. The van der Waals surface area contributed by atoms with E-state index in [-0.39, 0.29) is 22.8 Å². The fraction of sp³-hybridized carbons (Fsp3) is 0.586. The van der Waals surface area contributed by atoms with E-state index in [2.05, 4.69) is 21.9 Å². The molecule has 2 saturated heterocycles. The molecule has 8 rings (SSSR count). The van der Waals surface area contributed by atoms with Crippen molar-refractivity contribution in [1.29, 1.82) is 0 Å². The smallest absolute Gasteiger partial charge is 0.335 e. The normalized spacial score (nSPS) is 38.8. The van der Waals surface area contributed by atoms with Gasteiger partial charge in [0.15, 0.2) is 0 Å². The van der Waals surface area contributed by atoms with Gasteiger partial charge in [0.1, 0.15) is 12.0 Å². The van der Waals surface area contributed by atoms with Crippen LogP contribution in [-0.4, -0.2) is 52.5 Å². The summed E-state index contributed by atoms with van der Waals surface area (Å²) in [5.41, 5.74) is 3.13. The van der Waals surface area contributed by atoms with Crippen LogP contribution < -0.4 is 5.63 Å². The van der Waals surface area contributed by atoms with Gasteiger partial charge in [0.25, 0.3) is 5.91 Å². The third-order valence-electron chi connectivity index (χ3n) is 11.0. The first-order chi connectivity index (χ1) is 17.0. The number of benzene rings is 1. The molecule has 1 amide bonds. The summed E-state index contributed by atoms with van der Waals surface area (Å²) in [5.74, 6) is 2.17. The molecule has 6 heteroatoms. The second kappa shape index (κ2) is 6.78. The van der Waals surface area contributed by atoms with E-state index in [0.717, 1.165) is 44.7 Å². The van der Waals surface area contributed by atoms with Crippen molar-refractivity contribution in [1.82, 2.24) is 9.80 Å². The molecular weight excluding hydrogens is 440 g/mol. The van der Waals surface area contributed by atoms with Gasteiger partial charge < -0.3 is 14.4 Å². The number of likely N-dealkylation sites (tertiary alicyclic amines) is 2. The third kappa shape index (κ3) is 2.54. The molecule has 3 heterocycles. The molecule has 4 unspecified atom stereocenters. The highest BCUT2D eigenvalue weighted by Gasteiger charge is 2.76. The predicted octanol–water partition coefficient (Wildman–Crippen LogP) is 3.56. The first-order valence-corrected chi connectivity index (χ1v) is 13.5. The van der Waals surface area contributed by atoms with Crippen LogP contribution in [0.25, 0.3) is 0 Å². The maximum atomic E-state index is 13.6. The van der Waals surface area contributed by atoms with E-state index in [0.29, 0.717) is 29.2 Å². The Labute approximate surface area is 204 Å². The SMILES string of the molecule is O=C(c1ccc(=O)oc1)N1C[C@H]2CC34CCC1[C@H]2C31CCN(CC2CC2)C4Cc2ccc(O)cc21. The van der Waals surface area contributed by atoms with E-state index < -0.39 is 5.63 Å². The maximum Gasteiger partial charge on any atom is 0.335 e. The first-order valence-electron chi connectivity index (χ1n) is 13.5. The van der Waals surface area contributed by atoms with E-state index in [1.54, 1.807) is 6.07 Å². The van der Waals surface area contributed by atoms with Gasteiger partial charge in [0.05, 0.1) is 5.56 Å². The molecule has 182 valence electrons. The Morgan fingerprint density at radius 3 is 2.83 bits per heavy atom. The minimum atomic E-state index is -0.427. The second-order valence-electron chi connectivity index (χ2n) is 12.3. The summed E-state index contributed by atoms with van der Waals surface area (Å²) in [4.78, 5) is 30.0. The van der Waals surface area contributed by atoms with Crippen LogP contribution in [0.4, 0.5) is 0 Å². The van der Waals surface area contributed by atoms with Crippen molar-refractivity contribution in [3.05, 3.63) is 63.7 Å². The molecule has 1 aromatic carbocycles. The second-order valence-corrected chi connectivity index (χ2v) is 12.3. The zero-order chi connectivity index (χ0) is 23.5. The monoisotopic (exact) mass is 472 g/mol. The number of amides is 1. The van der Waals surface area contributed by atoms with Crippen molar-refractivity contribution in [2.24, 2.45) is 23.2 Å². The third-order valence-corrected chi connectivity index (χ3v) is 11.0. The number of phenols is 1. The van der Waals surface area contributed by atoms with Crippen molar-refractivity contribution in [2.45, 2.75) is 62.4 Å². The predicted molar refractivity (Wildman–Crippen MR) is 129 cm³/mol. The molecule has 0 radical (unpaired) electrons. The Hall–Kier alpha value is -2.60. The Bertz CT molecular complexity index is 1280. The molecule has 6 nitrogen and oxygen atoms in total. The maximum absolute atomic E-state index is 13.6. The molecule has 3 saturated carbocycles. The van der Waals surface area contributed by atoms with E-state index >= 15 is 0 Å². The van der Waals surface area contributed by atoms with Crippen LogP contribution in [0.5, 0.6) is 5.75 Å². The fourth-order valence-corrected chi connectivity index (χ4v) is 9.82. The lowest BCUT2D eigenvalue weighted by molar-refractivity contribution is -0.102. The van der Waals surface area contributed by atoms with Gasteiger partial charge in [0.2, 0.25) is 0 Å². The molecule has 6 aliphatic rings. The highest BCUT2D eigenvalue weighted by molar-refractivity contribution is 5.94. The van der Waals surface area contributed by atoms with Crippen LogP contribution in [0, 0.1) is 23.2 Å². The van der Waals surface area contributed by atoms with Crippen molar-refractivity contribution in [2.75, 3.05) is 19.6 Å². The summed E-state index contributed by atoms with van der Waals surface area (Å²) in [6.07, 6.45) is 9.71. The van der Waals surface area contributed by atoms with Crippen molar-refractivity contribution in [3.8, 4) is 5.75 Å². The molecule has 4 aliphatic carbocycles. The zero-order valence-electron chi connectivity index (χ0n) is 20.0. The van der Waals surface area contributed by atoms with Crippen LogP contribution in [0.15, 0.2) is 45.8 Å². The molecule has 5 fully saturated rings. The van der Waals surface area contributed by atoms with Crippen LogP contribution >= 0.6 is 0 Å². The number of hydrogen-bond acceptors (Lipinski definition) is 5. The zero-order valence-corrected chi connectivity index (χ0v) is 20.0. The number of piperidine rings is 1. The van der Waals surface area contributed by atoms with E-state index in [4.69, 9.17) is 4.42 Å². The largest absolute Gasteiger partial charge is 0.508 e. The number of nitrogens with zero attached hydrogens (tertiary/aromatic N) is 2. The van der Waals surface area contributed by atoms with Crippen molar-refractivity contribution < 1.29 is 14.3 Å². The Morgan fingerprint density at radius 2 is 2.03 bits per heavy atom. The van der Waals surface area contributed by atoms with Crippen molar-refractivity contribution in [3.63, 3.8) is 0 Å². The fourth-order valence-electron chi connectivity index (χ4n) is 9.82. The van der Waals surface area contributed by atoms with Gasteiger partial charge >= 0.3 is 5.63 Å². The quantitative estimate of drug-likeness (QED) is 0.740. The molecule has 35 heavy (non-hydrogen) atoms. The standard InChI is InChI=1S/C29H32N2O4/c32-21-5-3-18-11-24-28-8-7-23-26(29(28,22(18)12-21)9-10-30(24)14-17-1-2-17)20(13-28)15-31(23)27(34)19-4-6-25(33)35-16-19/h3-6,12,16-17,20,23-24,26,32H,1-2,7-11,13-15H2/t20-,23?,24?,26+,28?,29?/m1/s1. The summed E-state index contributed by atoms with van der Waals surface area (Å²) in [7, 11) is 0. The number of phenolic OH excluding ortho intramolecular Hbond substituents is 1. The van der Waals surface area contributed by atoms with E-state index in [1.165, 1.54) is 49.3 Å². The van der Waals surface area contributed by atoms with Crippen LogP contribution in [0.2, 0.25) is 0 Å². The number of carbonyl (C=O) groups is 1. The molecule has 0 spiro atoms. The lowest BCUT2D eigenvalue weighted by atomic mass is 9.43. The van der Waals surface area contributed by atoms with Gasteiger partial charge in [-0.1, -0.05) is 6.07 Å². The number of fused-ring (bicyclic) bond motifs is 1. The lowest BCUT2D eigenvalue weighted by Crippen LogP contribution is -2.69. The number of aromatic hydroxyl groups is 1. The average molecular weight is 473 g/mol. The topological polar surface area (TPSA) is 74.0 Å². The van der Waals surface area contributed by atoms with Crippen LogP contribution in [-0.2, 0) is 11.8 Å². The van der Waals surface area contributed by atoms with Gasteiger partial charge in [-0.2, -0.15) is 0 Å². The summed E-state index contributed by atoms with van der Waals surface area (Å²) in [5, 5.41) is 10.6. The lowest BCUT2D eigenvalue weighted by Gasteiger charge is -2.66. The van der Waals surface area contributed by atoms with Crippen LogP contribution in [0.1, 0.15) is 60.0 Å². The molecule has 6 atom stereocenters. The van der Waals surface area contributed by atoms with Crippen molar-refractivity contribution >= 4 is 5.91 Å². The molecule has 2 aliphatic heterocycles. The Kier molecular flexibility index (Phi) is 3.99. The Morgan fingerprint density at radius 1 is 1.14 bits per heavy atom. The average Bonchev–Trinajstić information content (AvgIpc) is 3.54. The highest BCUT2D eigenvalue weighted by atomic mass is 16.4. The molecule has 1 N–H and O–H groups in total. The van der Waals surface area contributed by atoms with E-state index in [1.807, 2.05) is 6.07 Å². The molecular formula is C29H32N2O4. The molecule has 2 aromatic rings. The summed E-state index contributed by atoms with van der Waals surface area (Å²) >= 11 is 0. The summed E-state index contributed by atoms with van der Waals surface area (Å²) in [6.45, 7) is 3.17. The highest BCUT2D eigenvalue weighted by Crippen LogP contribution is 2.75.